The summed E-state index contributed by atoms with van der Waals surface area (Å²) in [6.07, 6.45) is 5.02. The molecule has 3 amide bonds. The fraction of sp³-hybridized carbons (Fsp3) is 0.227. The van der Waals surface area contributed by atoms with E-state index in [1.165, 1.54) is 4.90 Å². The average molecular weight is 427 g/mol. The Labute approximate surface area is 177 Å². The summed E-state index contributed by atoms with van der Waals surface area (Å²) in [6.45, 7) is 0. The minimum Gasteiger partial charge on any atom is -0.321 e. The van der Waals surface area contributed by atoms with Gasteiger partial charge in [0.2, 0.25) is 11.8 Å². The first-order chi connectivity index (χ1) is 13.9. The zero-order chi connectivity index (χ0) is 20.3. The highest BCUT2D eigenvalue weighted by atomic mass is 35.5. The molecule has 1 aliphatic heterocycles. The number of allylic oxidation sites excluding steroid dienone is 2. The van der Waals surface area contributed by atoms with Gasteiger partial charge in [0.05, 0.1) is 28.2 Å². The molecule has 1 saturated carbocycles. The van der Waals surface area contributed by atoms with Gasteiger partial charge in [0.1, 0.15) is 0 Å². The molecule has 0 aromatic heterocycles. The summed E-state index contributed by atoms with van der Waals surface area (Å²) >= 11 is 12.0. The quantitative estimate of drug-likeness (QED) is 0.577. The van der Waals surface area contributed by atoms with Crippen LogP contribution in [-0.4, -0.2) is 17.7 Å². The molecule has 0 unspecified atom stereocenters. The van der Waals surface area contributed by atoms with Gasteiger partial charge in [-0.3, -0.25) is 19.3 Å². The highest BCUT2D eigenvalue weighted by molar-refractivity contribution is 6.36. The molecule has 5 rings (SSSR count). The van der Waals surface area contributed by atoms with Crippen LogP contribution in [0, 0.1) is 23.7 Å². The monoisotopic (exact) mass is 426 g/mol. The molecule has 29 heavy (non-hydrogen) atoms. The van der Waals surface area contributed by atoms with Crippen molar-refractivity contribution in [1.29, 1.82) is 0 Å². The van der Waals surface area contributed by atoms with Crippen molar-refractivity contribution in [1.82, 2.24) is 0 Å². The van der Waals surface area contributed by atoms with Crippen LogP contribution in [0.5, 0.6) is 0 Å². The molecule has 5 nitrogen and oxygen atoms in total. The highest BCUT2D eigenvalue weighted by Crippen LogP contribution is 2.53. The second kappa shape index (κ2) is 6.71. The zero-order valence-corrected chi connectivity index (χ0v) is 16.7. The Balaban J connectivity index is 1.36. The van der Waals surface area contributed by atoms with Crippen molar-refractivity contribution < 1.29 is 14.4 Å². The van der Waals surface area contributed by atoms with Crippen molar-refractivity contribution in [3.05, 3.63) is 70.2 Å². The number of nitrogens with one attached hydrogen (secondary N) is 1. The number of rotatable bonds is 3. The molecule has 0 radical (unpaired) electrons. The molecule has 1 heterocycles. The molecule has 146 valence electrons. The largest absolute Gasteiger partial charge is 0.321 e. The highest BCUT2D eigenvalue weighted by Gasteiger charge is 2.59. The second-order valence-electron chi connectivity index (χ2n) is 7.64. The summed E-state index contributed by atoms with van der Waals surface area (Å²) in [4.78, 5) is 39.6. The van der Waals surface area contributed by atoms with Crippen LogP contribution in [0.1, 0.15) is 16.8 Å². The number of nitrogens with zero attached hydrogens (tertiary/aromatic N) is 1. The van der Waals surface area contributed by atoms with Crippen LogP contribution in [-0.2, 0) is 9.59 Å². The molecule has 2 aliphatic carbocycles. The van der Waals surface area contributed by atoms with E-state index in [-0.39, 0.29) is 41.4 Å². The number of carbonyl (C=O) groups excluding carboxylic acids is 3. The molecule has 1 N–H and O–H groups in total. The number of hydrogen-bond donors (Lipinski definition) is 1. The van der Waals surface area contributed by atoms with E-state index in [1.807, 2.05) is 0 Å². The Bertz CT molecular complexity index is 1050. The normalized spacial score (nSPS) is 26.9. The maximum absolute atomic E-state index is 12.9. The fourth-order valence-electron chi connectivity index (χ4n) is 4.71. The number of carbonyl (C=O) groups is 3. The molecular formula is C22H16Cl2N2O3. The van der Waals surface area contributed by atoms with Crippen LogP contribution < -0.4 is 10.2 Å². The van der Waals surface area contributed by atoms with Crippen molar-refractivity contribution in [3.8, 4) is 0 Å². The van der Waals surface area contributed by atoms with Crippen molar-refractivity contribution >= 4 is 52.3 Å². The van der Waals surface area contributed by atoms with Crippen LogP contribution in [0.25, 0.3) is 0 Å². The third-order valence-electron chi connectivity index (χ3n) is 6.03. The van der Waals surface area contributed by atoms with E-state index < -0.39 is 0 Å². The van der Waals surface area contributed by atoms with Gasteiger partial charge in [-0.2, -0.15) is 0 Å². The number of halogens is 2. The van der Waals surface area contributed by atoms with Crippen molar-refractivity contribution in [2.75, 3.05) is 10.2 Å². The fourth-order valence-corrected chi connectivity index (χ4v) is 5.04. The van der Waals surface area contributed by atoms with Gasteiger partial charge in [-0.1, -0.05) is 35.4 Å². The lowest BCUT2D eigenvalue weighted by Crippen LogP contribution is -2.32. The van der Waals surface area contributed by atoms with Crippen LogP contribution in [0.3, 0.4) is 0 Å². The van der Waals surface area contributed by atoms with E-state index in [1.54, 1.807) is 42.5 Å². The molecule has 0 spiro atoms. The lowest BCUT2D eigenvalue weighted by molar-refractivity contribution is -0.123. The van der Waals surface area contributed by atoms with Gasteiger partial charge in [0.25, 0.3) is 5.91 Å². The number of anilines is 2. The number of imide groups is 1. The molecular weight excluding hydrogens is 411 g/mol. The molecule has 3 aliphatic rings. The Hall–Kier alpha value is -2.63. The van der Waals surface area contributed by atoms with Gasteiger partial charge < -0.3 is 5.32 Å². The van der Waals surface area contributed by atoms with E-state index >= 15 is 0 Å². The van der Waals surface area contributed by atoms with Crippen LogP contribution in [0.4, 0.5) is 11.4 Å². The van der Waals surface area contributed by atoms with Crippen LogP contribution in [0.15, 0.2) is 54.6 Å². The van der Waals surface area contributed by atoms with Gasteiger partial charge in [0.15, 0.2) is 0 Å². The maximum Gasteiger partial charge on any atom is 0.255 e. The Morgan fingerprint density at radius 2 is 1.55 bits per heavy atom. The smallest absolute Gasteiger partial charge is 0.255 e. The van der Waals surface area contributed by atoms with Gasteiger partial charge >= 0.3 is 0 Å². The SMILES string of the molecule is O=C(Nc1cc(Cl)ccc1Cl)c1ccc(N2C(=O)[C@@H]3[C@@H](C2=O)[C@H]2C=C[C@H]3C2)cc1. The molecule has 2 bridgehead atoms. The first-order valence-electron chi connectivity index (χ1n) is 9.36. The van der Waals surface area contributed by atoms with Crippen LogP contribution >= 0.6 is 23.2 Å². The van der Waals surface area contributed by atoms with E-state index in [0.29, 0.717) is 27.0 Å². The topological polar surface area (TPSA) is 66.5 Å². The van der Waals surface area contributed by atoms with Crippen molar-refractivity contribution in [3.63, 3.8) is 0 Å². The number of amides is 3. The van der Waals surface area contributed by atoms with E-state index in [0.717, 1.165) is 6.42 Å². The van der Waals surface area contributed by atoms with E-state index in [4.69, 9.17) is 23.2 Å². The molecule has 2 aromatic carbocycles. The molecule has 4 atom stereocenters. The van der Waals surface area contributed by atoms with Crippen molar-refractivity contribution in [2.24, 2.45) is 23.7 Å². The summed E-state index contributed by atoms with van der Waals surface area (Å²) in [7, 11) is 0. The predicted octanol–water partition coefficient (Wildman–Crippen LogP) is 4.56. The average Bonchev–Trinajstić information content (AvgIpc) is 3.39. The van der Waals surface area contributed by atoms with Gasteiger partial charge in [-0.25, -0.2) is 0 Å². The Morgan fingerprint density at radius 1 is 0.931 bits per heavy atom. The summed E-state index contributed by atoms with van der Waals surface area (Å²) in [5.74, 6) is -0.799. The standard InChI is InChI=1S/C22H16Cl2N2O3/c23-14-5-8-16(24)17(10-14)25-20(27)11-3-6-15(7-4-11)26-21(28)18-12-1-2-13(9-12)19(18)22(26)29/h1-8,10,12-13,18-19H,9H2,(H,25,27)/t12-,13-,18-,19-/m0/s1. The molecule has 1 saturated heterocycles. The first-order valence-corrected chi connectivity index (χ1v) is 10.1. The van der Waals surface area contributed by atoms with Crippen LogP contribution in [0.2, 0.25) is 10.0 Å². The minimum absolute atomic E-state index is 0.139. The predicted molar refractivity (Wildman–Crippen MR) is 111 cm³/mol. The van der Waals surface area contributed by atoms with E-state index in [2.05, 4.69) is 17.5 Å². The summed E-state index contributed by atoms with van der Waals surface area (Å²) in [5.41, 5.74) is 1.28. The lowest BCUT2D eigenvalue weighted by Gasteiger charge is -2.17. The summed E-state index contributed by atoms with van der Waals surface area (Å²) in [5, 5.41) is 3.55. The second-order valence-corrected chi connectivity index (χ2v) is 8.48. The number of fused-ring (bicyclic) bond motifs is 5. The maximum atomic E-state index is 12.9. The third-order valence-corrected chi connectivity index (χ3v) is 6.60. The van der Waals surface area contributed by atoms with Gasteiger partial charge in [0, 0.05) is 10.6 Å². The van der Waals surface area contributed by atoms with Crippen molar-refractivity contribution in [2.45, 2.75) is 6.42 Å². The molecule has 7 heteroatoms. The van der Waals surface area contributed by atoms with Gasteiger partial charge in [-0.15, -0.1) is 0 Å². The summed E-state index contributed by atoms with van der Waals surface area (Å²) < 4.78 is 0. The van der Waals surface area contributed by atoms with E-state index in [9.17, 15) is 14.4 Å². The molecule has 2 fully saturated rings. The number of hydrogen-bond acceptors (Lipinski definition) is 3. The summed E-state index contributed by atoms with van der Waals surface area (Å²) in [6, 6.07) is 11.2. The Morgan fingerprint density at radius 3 is 2.17 bits per heavy atom. The first kappa shape index (κ1) is 18.4. The number of benzene rings is 2. The third kappa shape index (κ3) is 2.88. The van der Waals surface area contributed by atoms with Gasteiger partial charge in [-0.05, 0) is 60.7 Å². The molecule has 2 aromatic rings. The lowest BCUT2D eigenvalue weighted by atomic mass is 9.85. The minimum atomic E-state index is -0.362. The zero-order valence-electron chi connectivity index (χ0n) is 15.1. The Kier molecular flexibility index (Phi) is 4.26.